The van der Waals surface area contributed by atoms with Crippen LogP contribution in [0.4, 0.5) is 18.9 Å². The maximum atomic E-state index is 12.5. The first-order valence-electron chi connectivity index (χ1n) is 6.90. The van der Waals surface area contributed by atoms with Crippen LogP contribution in [0.5, 0.6) is 0 Å². The van der Waals surface area contributed by atoms with E-state index in [-0.39, 0.29) is 6.04 Å². The van der Waals surface area contributed by atoms with Gasteiger partial charge in [0.25, 0.3) is 0 Å². The molecule has 1 atom stereocenters. The number of fused-ring (bicyclic) bond motifs is 1. The summed E-state index contributed by atoms with van der Waals surface area (Å²) in [4.78, 5) is 0. The largest absolute Gasteiger partial charge is 0.416 e. The second kappa shape index (κ2) is 5.09. The minimum Gasteiger partial charge on any atom is -0.378 e. The van der Waals surface area contributed by atoms with Crippen LogP contribution >= 0.6 is 0 Å². The fourth-order valence-electron chi connectivity index (χ4n) is 2.81. The molecule has 0 radical (unpaired) electrons. The average molecular weight is 295 g/mol. The summed E-state index contributed by atoms with van der Waals surface area (Å²) in [5, 5.41) is 7.57. The van der Waals surface area contributed by atoms with Crippen molar-refractivity contribution in [2.45, 2.75) is 31.5 Å². The number of alkyl halides is 3. The third-order valence-corrected chi connectivity index (χ3v) is 3.93. The number of nitrogens with one attached hydrogen (secondary N) is 1. The highest BCUT2D eigenvalue weighted by molar-refractivity contribution is 5.48. The normalized spacial score (nSPS) is 18.4. The van der Waals surface area contributed by atoms with Crippen LogP contribution in [0.15, 0.2) is 30.5 Å². The number of aryl methyl sites for hydroxylation is 1. The van der Waals surface area contributed by atoms with Gasteiger partial charge in [-0.2, -0.15) is 18.3 Å². The molecule has 0 amide bonds. The van der Waals surface area contributed by atoms with E-state index in [1.54, 1.807) is 0 Å². The lowest BCUT2D eigenvalue weighted by atomic mass is 9.93. The van der Waals surface area contributed by atoms with Crippen molar-refractivity contribution >= 4 is 5.69 Å². The van der Waals surface area contributed by atoms with E-state index < -0.39 is 11.7 Å². The summed E-state index contributed by atoms with van der Waals surface area (Å²) in [5.74, 6) is 0. The number of nitrogens with zero attached hydrogens (tertiary/aromatic N) is 2. The molecule has 1 aliphatic rings. The van der Waals surface area contributed by atoms with Crippen molar-refractivity contribution in [2.75, 3.05) is 5.32 Å². The predicted molar refractivity (Wildman–Crippen MR) is 74.0 cm³/mol. The number of hydrogen-bond donors (Lipinski definition) is 1. The summed E-state index contributed by atoms with van der Waals surface area (Å²) in [6.45, 7) is 0. The quantitative estimate of drug-likeness (QED) is 0.909. The Hall–Kier alpha value is -1.98. The standard InChI is InChI=1S/C15H16F3N3/c1-21-14-4-2-3-13(12(14)9-19-21)20-11-7-5-10(6-8-11)15(16,17)18/h5-9,13,20H,2-4H2,1H3. The zero-order valence-corrected chi connectivity index (χ0v) is 11.6. The second-order valence-electron chi connectivity index (χ2n) is 5.33. The van der Waals surface area contributed by atoms with E-state index in [0.717, 1.165) is 37.0 Å². The van der Waals surface area contributed by atoms with E-state index in [0.29, 0.717) is 5.69 Å². The Labute approximate surface area is 120 Å². The Kier molecular flexibility index (Phi) is 3.39. The van der Waals surface area contributed by atoms with Gasteiger partial charge >= 0.3 is 6.18 Å². The van der Waals surface area contributed by atoms with Gasteiger partial charge in [0, 0.05) is 24.0 Å². The van der Waals surface area contributed by atoms with Crippen molar-refractivity contribution in [3.05, 3.63) is 47.3 Å². The number of hydrogen-bond acceptors (Lipinski definition) is 2. The molecule has 0 aliphatic heterocycles. The van der Waals surface area contributed by atoms with E-state index in [1.807, 2.05) is 17.9 Å². The highest BCUT2D eigenvalue weighted by Gasteiger charge is 2.30. The second-order valence-corrected chi connectivity index (χ2v) is 5.33. The van der Waals surface area contributed by atoms with E-state index in [4.69, 9.17) is 0 Å². The van der Waals surface area contributed by atoms with Crippen molar-refractivity contribution in [3.63, 3.8) is 0 Å². The first-order chi connectivity index (χ1) is 9.95. The fourth-order valence-corrected chi connectivity index (χ4v) is 2.81. The zero-order chi connectivity index (χ0) is 15.0. The van der Waals surface area contributed by atoms with Gasteiger partial charge in [-0.25, -0.2) is 0 Å². The Morgan fingerprint density at radius 3 is 2.62 bits per heavy atom. The van der Waals surface area contributed by atoms with Crippen molar-refractivity contribution in [1.29, 1.82) is 0 Å². The van der Waals surface area contributed by atoms with E-state index in [1.165, 1.54) is 17.8 Å². The van der Waals surface area contributed by atoms with E-state index >= 15 is 0 Å². The number of rotatable bonds is 2. The molecule has 3 rings (SSSR count). The maximum absolute atomic E-state index is 12.5. The molecule has 1 N–H and O–H groups in total. The monoisotopic (exact) mass is 295 g/mol. The molecule has 0 bridgehead atoms. The molecule has 1 aromatic heterocycles. The van der Waals surface area contributed by atoms with Gasteiger partial charge in [0.2, 0.25) is 0 Å². The molecule has 3 nitrogen and oxygen atoms in total. The lowest BCUT2D eigenvalue weighted by molar-refractivity contribution is -0.137. The molecule has 1 unspecified atom stereocenters. The Bertz CT molecular complexity index is 629. The van der Waals surface area contributed by atoms with Crippen molar-refractivity contribution in [3.8, 4) is 0 Å². The molecule has 0 fully saturated rings. The molecular weight excluding hydrogens is 279 g/mol. The minimum atomic E-state index is -4.29. The fraction of sp³-hybridized carbons (Fsp3) is 0.400. The van der Waals surface area contributed by atoms with Crippen LogP contribution in [0.3, 0.4) is 0 Å². The van der Waals surface area contributed by atoms with Gasteiger partial charge in [0.1, 0.15) is 0 Å². The molecule has 0 saturated heterocycles. The van der Waals surface area contributed by atoms with Crippen LogP contribution in [0.2, 0.25) is 0 Å². The summed E-state index contributed by atoms with van der Waals surface area (Å²) >= 11 is 0. The summed E-state index contributed by atoms with van der Waals surface area (Å²) in [6, 6.07) is 5.28. The van der Waals surface area contributed by atoms with Gasteiger partial charge in [0.05, 0.1) is 17.8 Å². The lowest BCUT2D eigenvalue weighted by Crippen LogP contribution is -2.17. The molecular formula is C15H16F3N3. The average Bonchev–Trinajstić information content (AvgIpc) is 2.82. The van der Waals surface area contributed by atoms with Crippen LogP contribution in [0.1, 0.15) is 35.7 Å². The molecule has 21 heavy (non-hydrogen) atoms. The Balaban J connectivity index is 1.79. The highest BCUT2D eigenvalue weighted by atomic mass is 19.4. The van der Waals surface area contributed by atoms with Gasteiger partial charge in [-0.15, -0.1) is 0 Å². The van der Waals surface area contributed by atoms with Gasteiger partial charge in [-0.1, -0.05) is 0 Å². The third kappa shape index (κ3) is 2.75. The minimum absolute atomic E-state index is 0.110. The number of benzene rings is 1. The summed E-state index contributed by atoms with van der Waals surface area (Å²) in [6.07, 6.45) is 0.553. The molecule has 0 saturated carbocycles. The molecule has 0 spiro atoms. The summed E-state index contributed by atoms with van der Waals surface area (Å²) in [5.41, 5.74) is 2.41. The van der Waals surface area contributed by atoms with Crippen LogP contribution < -0.4 is 5.32 Å². The van der Waals surface area contributed by atoms with Crippen LogP contribution in [-0.2, 0) is 19.6 Å². The number of halogens is 3. The molecule has 6 heteroatoms. The van der Waals surface area contributed by atoms with Gasteiger partial charge in [-0.05, 0) is 43.5 Å². The molecule has 1 heterocycles. The number of anilines is 1. The lowest BCUT2D eigenvalue weighted by Gasteiger charge is -2.25. The van der Waals surface area contributed by atoms with Crippen LogP contribution in [0.25, 0.3) is 0 Å². The van der Waals surface area contributed by atoms with Gasteiger partial charge < -0.3 is 5.32 Å². The maximum Gasteiger partial charge on any atom is 0.416 e. The molecule has 1 aliphatic carbocycles. The molecule has 112 valence electrons. The molecule has 1 aromatic carbocycles. The summed E-state index contributed by atoms with van der Waals surface area (Å²) in [7, 11) is 1.92. The summed E-state index contributed by atoms with van der Waals surface area (Å²) < 4.78 is 39.5. The SMILES string of the molecule is Cn1ncc2c1CCCC2Nc1ccc(C(F)(F)F)cc1. The van der Waals surface area contributed by atoms with Crippen LogP contribution in [0, 0.1) is 0 Å². The topological polar surface area (TPSA) is 29.9 Å². The Morgan fingerprint density at radius 2 is 1.95 bits per heavy atom. The van der Waals surface area contributed by atoms with Crippen molar-refractivity contribution in [2.24, 2.45) is 7.05 Å². The first kappa shape index (κ1) is 14.0. The molecule has 2 aromatic rings. The van der Waals surface area contributed by atoms with E-state index in [9.17, 15) is 13.2 Å². The van der Waals surface area contributed by atoms with E-state index in [2.05, 4.69) is 10.4 Å². The smallest absolute Gasteiger partial charge is 0.378 e. The first-order valence-corrected chi connectivity index (χ1v) is 6.90. The predicted octanol–water partition coefficient (Wildman–Crippen LogP) is 3.93. The van der Waals surface area contributed by atoms with Gasteiger partial charge in [0.15, 0.2) is 0 Å². The Morgan fingerprint density at radius 1 is 1.24 bits per heavy atom. The van der Waals surface area contributed by atoms with Crippen molar-refractivity contribution in [1.82, 2.24) is 9.78 Å². The number of aromatic nitrogens is 2. The van der Waals surface area contributed by atoms with Gasteiger partial charge in [-0.3, -0.25) is 4.68 Å². The van der Waals surface area contributed by atoms with Crippen LogP contribution in [-0.4, -0.2) is 9.78 Å². The zero-order valence-electron chi connectivity index (χ0n) is 11.6. The third-order valence-electron chi connectivity index (χ3n) is 3.93. The highest BCUT2D eigenvalue weighted by Crippen LogP contribution is 2.34. The van der Waals surface area contributed by atoms with Crippen molar-refractivity contribution < 1.29 is 13.2 Å².